The topological polar surface area (TPSA) is 90.7 Å². The average Bonchev–Trinajstić information content (AvgIpc) is 3.22. The molecule has 2 N–H and O–H groups in total. The molecule has 4 rings (SSSR count). The van der Waals surface area contributed by atoms with Crippen LogP contribution in [0.25, 0.3) is 11.5 Å². The lowest BCUT2D eigenvalue weighted by Crippen LogP contribution is -2.49. The van der Waals surface area contributed by atoms with Gasteiger partial charge in [0.15, 0.2) is 0 Å². The van der Waals surface area contributed by atoms with Crippen LogP contribution in [0.4, 0.5) is 10.5 Å². The van der Waals surface area contributed by atoms with Crippen molar-refractivity contribution in [2.45, 2.75) is 27.3 Å². The molecule has 1 saturated heterocycles. The van der Waals surface area contributed by atoms with Crippen molar-refractivity contribution in [2.75, 3.05) is 38.5 Å². The van der Waals surface area contributed by atoms with Crippen molar-refractivity contribution in [2.24, 2.45) is 0 Å². The van der Waals surface area contributed by atoms with E-state index in [4.69, 9.17) is 9.40 Å². The maximum absolute atomic E-state index is 12.7. The molecule has 1 aliphatic rings. The number of nitrogens with one attached hydrogen (secondary N) is 2. The number of piperazine rings is 1. The van der Waals surface area contributed by atoms with Crippen LogP contribution in [0.1, 0.15) is 32.9 Å². The van der Waals surface area contributed by atoms with Crippen molar-refractivity contribution in [3.8, 4) is 11.5 Å². The van der Waals surface area contributed by atoms with Crippen LogP contribution in [0, 0.1) is 20.8 Å². The van der Waals surface area contributed by atoms with Gasteiger partial charge in [0.2, 0.25) is 5.89 Å². The number of hydrogen-bond acceptors (Lipinski definition) is 5. The number of aryl methyl sites for hydroxylation is 2. The summed E-state index contributed by atoms with van der Waals surface area (Å²) in [5.74, 6) is 1.20. The van der Waals surface area contributed by atoms with Crippen LogP contribution in [0.5, 0.6) is 0 Å². The number of hydrogen-bond donors (Lipinski definition) is 2. The molecule has 1 aromatic heterocycles. The van der Waals surface area contributed by atoms with Gasteiger partial charge >= 0.3 is 6.03 Å². The minimum atomic E-state index is -0.127. The van der Waals surface area contributed by atoms with Gasteiger partial charge in [-0.05, 0) is 62.2 Å². The van der Waals surface area contributed by atoms with Crippen LogP contribution in [0.2, 0.25) is 0 Å². The Morgan fingerprint density at radius 2 is 1.71 bits per heavy atom. The summed E-state index contributed by atoms with van der Waals surface area (Å²) in [5, 5.41) is 5.66. The van der Waals surface area contributed by atoms with E-state index in [-0.39, 0.29) is 11.9 Å². The molecule has 0 unspecified atom stereocenters. The molecule has 8 nitrogen and oxygen atoms in total. The number of carbonyl (C=O) groups excluding carboxylic acids is 2. The van der Waals surface area contributed by atoms with Crippen LogP contribution in [-0.4, -0.2) is 59.9 Å². The minimum absolute atomic E-state index is 0.0616. The van der Waals surface area contributed by atoms with E-state index in [2.05, 4.69) is 15.5 Å². The van der Waals surface area contributed by atoms with E-state index in [0.717, 1.165) is 46.9 Å². The quantitative estimate of drug-likeness (QED) is 0.600. The van der Waals surface area contributed by atoms with Gasteiger partial charge in [0, 0.05) is 56.6 Å². The first-order chi connectivity index (χ1) is 16.4. The first-order valence-electron chi connectivity index (χ1n) is 11.5. The van der Waals surface area contributed by atoms with E-state index in [1.54, 1.807) is 19.2 Å². The van der Waals surface area contributed by atoms with Gasteiger partial charge in [0.05, 0.1) is 5.69 Å². The van der Waals surface area contributed by atoms with Crippen LogP contribution in [0.3, 0.4) is 0 Å². The van der Waals surface area contributed by atoms with Crippen LogP contribution < -0.4 is 10.6 Å². The second-order valence-corrected chi connectivity index (χ2v) is 8.62. The third-order valence-corrected chi connectivity index (χ3v) is 6.39. The summed E-state index contributed by atoms with van der Waals surface area (Å²) in [5.41, 5.74) is 5.42. The highest BCUT2D eigenvalue weighted by atomic mass is 16.4. The maximum atomic E-state index is 12.7. The Morgan fingerprint density at radius 3 is 2.38 bits per heavy atom. The second-order valence-electron chi connectivity index (χ2n) is 8.62. The number of rotatable bonds is 5. The fourth-order valence-electron chi connectivity index (χ4n) is 4.01. The number of carbonyl (C=O) groups is 2. The molecule has 1 aliphatic heterocycles. The fourth-order valence-corrected chi connectivity index (χ4v) is 4.01. The number of anilines is 1. The first kappa shape index (κ1) is 23.5. The molecule has 3 amide bonds. The molecule has 34 heavy (non-hydrogen) atoms. The summed E-state index contributed by atoms with van der Waals surface area (Å²) in [6.45, 7) is 9.49. The molecule has 0 aliphatic carbocycles. The van der Waals surface area contributed by atoms with E-state index in [1.165, 1.54) is 0 Å². The van der Waals surface area contributed by atoms with Crippen molar-refractivity contribution in [3.05, 3.63) is 70.6 Å². The smallest absolute Gasteiger partial charge is 0.321 e. The number of urea groups is 1. The van der Waals surface area contributed by atoms with Gasteiger partial charge in [0.25, 0.3) is 5.91 Å². The SMILES string of the molecule is CNC(=O)c1ccc(-c2nc(CN3CCN(C(=O)Nc4cccc(C)c4C)CC3)c(C)o2)cc1. The molecular formula is C26H31N5O3. The zero-order valence-electron chi connectivity index (χ0n) is 20.1. The maximum Gasteiger partial charge on any atom is 0.321 e. The van der Waals surface area contributed by atoms with Gasteiger partial charge in [-0.15, -0.1) is 0 Å². The Hall–Kier alpha value is -3.65. The average molecular weight is 462 g/mol. The summed E-state index contributed by atoms with van der Waals surface area (Å²) < 4.78 is 5.90. The van der Waals surface area contributed by atoms with Gasteiger partial charge in [-0.3, -0.25) is 9.69 Å². The lowest BCUT2D eigenvalue weighted by molar-refractivity contribution is 0.0963. The van der Waals surface area contributed by atoms with Gasteiger partial charge in [-0.2, -0.15) is 0 Å². The fraction of sp³-hybridized carbons (Fsp3) is 0.346. The van der Waals surface area contributed by atoms with E-state index < -0.39 is 0 Å². The standard InChI is InChI=1S/C26H31N5O3/c1-17-6-5-7-22(18(17)2)29-26(33)31-14-12-30(13-15-31)16-23-19(3)34-25(28-23)21-10-8-20(9-11-21)24(32)27-4/h5-11H,12-16H2,1-4H3,(H,27,32)(H,29,33). The molecule has 2 heterocycles. The minimum Gasteiger partial charge on any atom is -0.441 e. The van der Waals surface area contributed by atoms with Crippen molar-refractivity contribution in [1.29, 1.82) is 0 Å². The number of nitrogens with zero attached hydrogens (tertiary/aromatic N) is 3. The highest BCUT2D eigenvalue weighted by Crippen LogP contribution is 2.24. The summed E-state index contributed by atoms with van der Waals surface area (Å²) in [7, 11) is 1.61. The highest BCUT2D eigenvalue weighted by molar-refractivity contribution is 5.94. The summed E-state index contributed by atoms with van der Waals surface area (Å²) in [6, 6.07) is 13.1. The lowest BCUT2D eigenvalue weighted by Gasteiger charge is -2.34. The van der Waals surface area contributed by atoms with Crippen molar-refractivity contribution >= 4 is 17.6 Å². The Bertz CT molecular complexity index is 1180. The molecule has 0 radical (unpaired) electrons. The predicted octanol–water partition coefficient (Wildman–Crippen LogP) is 3.98. The molecular weight excluding hydrogens is 430 g/mol. The Labute approximate surface area is 200 Å². The largest absolute Gasteiger partial charge is 0.441 e. The van der Waals surface area contributed by atoms with Gasteiger partial charge in [0.1, 0.15) is 5.76 Å². The van der Waals surface area contributed by atoms with Crippen molar-refractivity contribution in [3.63, 3.8) is 0 Å². The molecule has 2 aromatic carbocycles. The number of amides is 3. The van der Waals surface area contributed by atoms with Crippen LogP contribution in [0.15, 0.2) is 46.9 Å². The van der Waals surface area contributed by atoms with Crippen LogP contribution >= 0.6 is 0 Å². The molecule has 178 valence electrons. The predicted molar refractivity (Wildman–Crippen MR) is 132 cm³/mol. The van der Waals surface area contributed by atoms with E-state index in [0.29, 0.717) is 31.1 Å². The third-order valence-electron chi connectivity index (χ3n) is 6.39. The molecule has 0 saturated carbocycles. The first-order valence-corrected chi connectivity index (χ1v) is 11.5. The molecule has 0 bridgehead atoms. The molecule has 8 heteroatoms. The normalized spacial score (nSPS) is 14.2. The molecule has 1 fully saturated rings. The van der Waals surface area contributed by atoms with Gasteiger partial charge < -0.3 is 20.0 Å². The van der Waals surface area contributed by atoms with Crippen LogP contribution in [-0.2, 0) is 6.54 Å². The van der Waals surface area contributed by atoms with E-state index in [1.807, 2.05) is 56.0 Å². The lowest BCUT2D eigenvalue weighted by atomic mass is 10.1. The number of benzene rings is 2. The highest BCUT2D eigenvalue weighted by Gasteiger charge is 2.23. The Balaban J connectivity index is 1.33. The molecule has 0 spiro atoms. The van der Waals surface area contributed by atoms with Crippen molar-refractivity contribution in [1.82, 2.24) is 20.1 Å². The number of oxazole rings is 1. The third kappa shape index (κ3) is 5.12. The van der Waals surface area contributed by atoms with E-state index in [9.17, 15) is 9.59 Å². The second kappa shape index (κ2) is 10.1. The summed E-state index contributed by atoms with van der Waals surface area (Å²) >= 11 is 0. The van der Waals surface area contributed by atoms with Gasteiger partial charge in [-0.1, -0.05) is 12.1 Å². The zero-order chi connectivity index (χ0) is 24.2. The Morgan fingerprint density at radius 1 is 1.00 bits per heavy atom. The summed E-state index contributed by atoms with van der Waals surface area (Å²) in [4.78, 5) is 33.3. The van der Waals surface area contributed by atoms with E-state index >= 15 is 0 Å². The zero-order valence-corrected chi connectivity index (χ0v) is 20.1. The molecule has 3 aromatic rings. The van der Waals surface area contributed by atoms with Crippen molar-refractivity contribution < 1.29 is 14.0 Å². The summed E-state index contributed by atoms with van der Waals surface area (Å²) in [6.07, 6.45) is 0. The molecule has 0 atom stereocenters. The number of aromatic nitrogens is 1. The Kier molecular flexibility index (Phi) is 6.98. The van der Waals surface area contributed by atoms with Gasteiger partial charge in [-0.25, -0.2) is 9.78 Å². The monoisotopic (exact) mass is 461 g/mol.